The molecule has 1 aliphatic carbocycles. The van der Waals surface area contributed by atoms with Crippen LogP contribution in [-0.2, 0) is 9.59 Å². The number of carbonyl (C=O) groups excluding carboxylic acids is 1. The van der Waals surface area contributed by atoms with E-state index in [4.69, 9.17) is 5.11 Å². The SMILES string of the molecule is CC(=O)NC(CNCCN(C)C1CC1)C(=O)O. The third-order valence-electron chi connectivity index (χ3n) is 2.84. The van der Waals surface area contributed by atoms with Crippen LogP contribution in [0.3, 0.4) is 0 Å². The number of carbonyl (C=O) groups is 2. The first kappa shape index (κ1) is 13.9. The Morgan fingerprint density at radius 1 is 1.47 bits per heavy atom. The number of carboxylic acid groups (broad SMARTS) is 1. The van der Waals surface area contributed by atoms with Gasteiger partial charge < -0.3 is 20.6 Å². The van der Waals surface area contributed by atoms with Crippen LogP contribution in [0, 0.1) is 0 Å². The minimum Gasteiger partial charge on any atom is -0.480 e. The van der Waals surface area contributed by atoms with E-state index in [0.717, 1.165) is 13.1 Å². The first-order valence-electron chi connectivity index (χ1n) is 5.91. The molecule has 0 aromatic heterocycles. The fourth-order valence-electron chi connectivity index (χ4n) is 1.65. The molecule has 6 nitrogen and oxygen atoms in total. The molecule has 1 fully saturated rings. The van der Waals surface area contributed by atoms with E-state index < -0.39 is 12.0 Å². The molecular formula is C11H21N3O3. The van der Waals surface area contributed by atoms with Crippen molar-refractivity contribution in [3.8, 4) is 0 Å². The molecule has 3 N–H and O–H groups in total. The van der Waals surface area contributed by atoms with Gasteiger partial charge in [0.2, 0.25) is 5.91 Å². The van der Waals surface area contributed by atoms with Gasteiger partial charge in [-0.25, -0.2) is 4.79 Å². The largest absolute Gasteiger partial charge is 0.480 e. The van der Waals surface area contributed by atoms with E-state index in [1.54, 1.807) is 0 Å². The Balaban J connectivity index is 2.13. The predicted octanol–water partition coefficient (Wildman–Crippen LogP) is -0.740. The summed E-state index contributed by atoms with van der Waals surface area (Å²) in [4.78, 5) is 23.9. The Kier molecular flexibility index (Phi) is 5.37. The van der Waals surface area contributed by atoms with Crippen molar-refractivity contribution in [3.63, 3.8) is 0 Å². The van der Waals surface area contributed by atoms with Gasteiger partial charge in [-0.05, 0) is 19.9 Å². The van der Waals surface area contributed by atoms with E-state index in [-0.39, 0.29) is 12.5 Å². The van der Waals surface area contributed by atoms with Crippen LogP contribution in [0.15, 0.2) is 0 Å². The number of nitrogens with zero attached hydrogens (tertiary/aromatic N) is 1. The summed E-state index contributed by atoms with van der Waals surface area (Å²) in [5.41, 5.74) is 0. The summed E-state index contributed by atoms with van der Waals surface area (Å²) >= 11 is 0. The van der Waals surface area contributed by atoms with Crippen molar-refractivity contribution in [2.24, 2.45) is 0 Å². The molecule has 1 saturated carbocycles. The lowest BCUT2D eigenvalue weighted by Crippen LogP contribution is -2.47. The van der Waals surface area contributed by atoms with Gasteiger partial charge in [-0.3, -0.25) is 4.79 Å². The monoisotopic (exact) mass is 243 g/mol. The molecule has 1 aliphatic rings. The number of likely N-dealkylation sites (N-methyl/N-ethyl adjacent to an activating group) is 1. The van der Waals surface area contributed by atoms with Crippen molar-refractivity contribution in [2.45, 2.75) is 31.8 Å². The lowest BCUT2D eigenvalue weighted by molar-refractivity contribution is -0.141. The van der Waals surface area contributed by atoms with Crippen LogP contribution < -0.4 is 10.6 Å². The lowest BCUT2D eigenvalue weighted by Gasteiger charge is -2.18. The average Bonchev–Trinajstić information content (AvgIpc) is 3.04. The van der Waals surface area contributed by atoms with Gasteiger partial charge in [0.05, 0.1) is 0 Å². The molecule has 0 spiro atoms. The van der Waals surface area contributed by atoms with Gasteiger partial charge in [-0.15, -0.1) is 0 Å². The third-order valence-corrected chi connectivity index (χ3v) is 2.84. The fraction of sp³-hybridized carbons (Fsp3) is 0.818. The van der Waals surface area contributed by atoms with Gasteiger partial charge in [-0.2, -0.15) is 0 Å². The third kappa shape index (κ3) is 5.65. The Labute approximate surface area is 101 Å². The maximum Gasteiger partial charge on any atom is 0.327 e. The molecule has 98 valence electrons. The molecule has 0 saturated heterocycles. The Hall–Kier alpha value is -1.14. The van der Waals surface area contributed by atoms with Gasteiger partial charge in [0.1, 0.15) is 6.04 Å². The van der Waals surface area contributed by atoms with Gasteiger partial charge in [0.15, 0.2) is 0 Å². The number of amides is 1. The number of carboxylic acids is 1. The number of hydrogen-bond acceptors (Lipinski definition) is 4. The zero-order chi connectivity index (χ0) is 12.8. The first-order chi connectivity index (χ1) is 8.00. The summed E-state index contributed by atoms with van der Waals surface area (Å²) in [6.07, 6.45) is 2.53. The second-order valence-corrected chi connectivity index (χ2v) is 4.51. The molecule has 6 heteroatoms. The molecule has 17 heavy (non-hydrogen) atoms. The molecule has 1 unspecified atom stereocenters. The smallest absolute Gasteiger partial charge is 0.327 e. The normalized spacial score (nSPS) is 16.9. The van der Waals surface area contributed by atoms with Crippen molar-refractivity contribution in [1.82, 2.24) is 15.5 Å². The van der Waals surface area contributed by atoms with Gasteiger partial charge in [-0.1, -0.05) is 0 Å². The van der Waals surface area contributed by atoms with E-state index >= 15 is 0 Å². The Bertz CT molecular complexity index is 279. The molecule has 0 heterocycles. The van der Waals surface area contributed by atoms with Crippen LogP contribution in [0.4, 0.5) is 0 Å². The molecule has 1 amide bonds. The summed E-state index contributed by atoms with van der Waals surface area (Å²) in [6.45, 7) is 3.21. The second-order valence-electron chi connectivity index (χ2n) is 4.51. The molecule has 0 radical (unpaired) electrons. The summed E-state index contributed by atoms with van der Waals surface area (Å²) in [5, 5.41) is 14.3. The van der Waals surface area contributed by atoms with Crippen LogP contribution in [0.1, 0.15) is 19.8 Å². The van der Waals surface area contributed by atoms with Crippen LogP contribution in [0.5, 0.6) is 0 Å². The molecule has 0 bridgehead atoms. The highest BCUT2D eigenvalue weighted by atomic mass is 16.4. The summed E-state index contributed by atoms with van der Waals surface area (Å²) in [6, 6.07) is -0.138. The van der Waals surface area contributed by atoms with Crippen LogP contribution in [-0.4, -0.2) is 60.6 Å². The first-order valence-corrected chi connectivity index (χ1v) is 5.91. The molecular weight excluding hydrogens is 222 g/mol. The van der Waals surface area contributed by atoms with Crippen molar-refractivity contribution in [2.75, 3.05) is 26.7 Å². The lowest BCUT2D eigenvalue weighted by atomic mass is 10.3. The Morgan fingerprint density at radius 3 is 2.59 bits per heavy atom. The van der Waals surface area contributed by atoms with E-state index in [1.165, 1.54) is 19.8 Å². The minimum atomic E-state index is -1.01. The summed E-state index contributed by atoms with van der Waals surface area (Å²) in [7, 11) is 2.07. The highest BCUT2D eigenvalue weighted by Gasteiger charge is 2.25. The number of hydrogen-bond donors (Lipinski definition) is 3. The minimum absolute atomic E-state index is 0.257. The van der Waals surface area contributed by atoms with Crippen molar-refractivity contribution in [3.05, 3.63) is 0 Å². The highest BCUT2D eigenvalue weighted by molar-refractivity contribution is 5.82. The predicted molar refractivity (Wildman–Crippen MR) is 63.8 cm³/mol. The molecule has 0 aliphatic heterocycles. The standard InChI is InChI=1S/C11H21N3O3/c1-8(15)13-10(11(16)17)7-12-5-6-14(2)9-3-4-9/h9-10,12H,3-7H2,1-2H3,(H,13,15)(H,16,17). The molecule has 1 atom stereocenters. The molecule has 0 aromatic rings. The topological polar surface area (TPSA) is 81.7 Å². The number of rotatable bonds is 8. The average molecular weight is 243 g/mol. The highest BCUT2D eigenvalue weighted by Crippen LogP contribution is 2.24. The molecule has 1 rings (SSSR count). The van der Waals surface area contributed by atoms with E-state index in [1.807, 2.05) is 0 Å². The second kappa shape index (κ2) is 6.56. The fourth-order valence-corrected chi connectivity index (χ4v) is 1.65. The Morgan fingerprint density at radius 2 is 2.12 bits per heavy atom. The van der Waals surface area contributed by atoms with E-state index in [9.17, 15) is 9.59 Å². The zero-order valence-corrected chi connectivity index (χ0v) is 10.4. The van der Waals surface area contributed by atoms with E-state index in [0.29, 0.717) is 6.04 Å². The maximum absolute atomic E-state index is 10.8. The van der Waals surface area contributed by atoms with Crippen LogP contribution >= 0.6 is 0 Å². The van der Waals surface area contributed by atoms with Gasteiger partial charge >= 0.3 is 5.97 Å². The van der Waals surface area contributed by atoms with Crippen molar-refractivity contribution in [1.29, 1.82) is 0 Å². The number of aliphatic carboxylic acids is 1. The summed E-state index contributed by atoms with van der Waals surface area (Å²) in [5.74, 6) is -1.34. The number of nitrogens with one attached hydrogen (secondary N) is 2. The maximum atomic E-state index is 10.8. The molecule has 0 aromatic carbocycles. The van der Waals surface area contributed by atoms with Gasteiger partial charge in [0.25, 0.3) is 0 Å². The zero-order valence-electron chi connectivity index (χ0n) is 10.4. The van der Waals surface area contributed by atoms with Crippen molar-refractivity contribution < 1.29 is 14.7 Å². The quantitative estimate of drug-likeness (QED) is 0.489. The van der Waals surface area contributed by atoms with Crippen molar-refractivity contribution >= 4 is 11.9 Å². The van der Waals surface area contributed by atoms with E-state index in [2.05, 4.69) is 22.6 Å². The van der Waals surface area contributed by atoms with Gasteiger partial charge in [0, 0.05) is 32.6 Å². The summed E-state index contributed by atoms with van der Waals surface area (Å²) < 4.78 is 0. The van der Waals surface area contributed by atoms with Crippen LogP contribution in [0.2, 0.25) is 0 Å². The van der Waals surface area contributed by atoms with Crippen LogP contribution in [0.25, 0.3) is 0 Å².